The van der Waals surface area contributed by atoms with E-state index in [0.717, 1.165) is 29.4 Å². The summed E-state index contributed by atoms with van der Waals surface area (Å²) < 4.78 is 0. The number of aryl methyl sites for hydroxylation is 1. The van der Waals surface area contributed by atoms with Crippen molar-refractivity contribution in [2.24, 2.45) is 0 Å². The maximum Gasteiger partial charge on any atom is 0.0671 e. The molecule has 0 saturated carbocycles. The third-order valence-electron chi connectivity index (χ3n) is 4.01. The predicted molar refractivity (Wildman–Crippen MR) is 88.6 cm³/mol. The second kappa shape index (κ2) is 6.00. The topological polar surface area (TPSA) is 40.7 Å². The van der Waals surface area contributed by atoms with Crippen LogP contribution in [0.25, 0.3) is 10.9 Å². The van der Waals surface area contributed by atoms with Gasteiger partial charge in [0, 0.05) is 11.1 Å². The normalized spacial score (nSPS) is 12.5. The van der Waals surface area contributed by atoms with Gasteiger partial charge in [-0.2, -0.15) is 5.10 Å². The molecule has 1 atom stereocenters. The fourth-order valence-electron chi connectivity index (χ4n) is 2.69. The number of H-pyrrole nitrogens is 1. The Kier molecular flexibility index (Phi) is 3.91. The number of hydrogen-bond donors (Lipinski definition) is 2. The lowest BCUT2D eigenvalue weighted by Gasteiger charge is -2.19. The Hall–Kier alpha value is -2.29. The molecule has 0 aliphatic heterocycles. The first-order valence-electron chi connectivity index (χ1n) is 7.59. The van der Waals surface area contributed by atoms with Gasteiger partial charge >= 0.3 is 0 Å². The summed E-state index contributed by atoms with van der Waals surface area (Å²) in [6.07, 6.45) is 4.00. The van der Waals surface area contributed by atoms with E-state index in [4.69, 9.17) is 0 Å². The van der Waals surface area contributed by atoms with Crippen LogP contribution in [0.15, 0.2) is 48.7 Å². The third-order valence-corrected chi connectivity index (χ3v) is 4.01. The van der Waals surface area contributed by atoms with Gasteiger partial charge in [0.2, 0.25) is 0 Å². The SMILES string of the molecule is CCc1ccc(C(CC)Nc2cccc3[nH]ncc23)cc1. The van der Waals surface area contributed by atoms with Crippen molar-refractivity contribution >= 4 is 16.6 Å². The second-order valence-electron chi connectivity index (χ2n) is 5.34. The number of nitrogens with one attached hydrogen (secondary N) is 2. The maximum absolute atomic E-state index is 4.13. The molecule has 1 aromatic heterocycles. The summed E-state index contributed by atoms with van der Waals surface area (Å²) >= 11 is 0. The zero-order valence-corrected chi connectivity index (χ0v) is 12.6. The molecule has 0 bridgehead atoms. The maximum atomic E-state index is 4.13. The lowest BCUT2D eigenvalue weighted by molar-refractivity contribution is 0.750. The lowest BCUT2D eigenvalue weighted by Crippen LogP contribution is -2.09. The van der Waals surface area contributed by atoms with Gasteiger partial charge in [-0.15, -0.1) is 0 Å². The standard InChI is InChI=1S/C18H21N3/c1-3-13-8-10-14(11-9-13)16(4-2)20-17-6-5-7-18-15(17)12-19-21-18/h5-12,16,20H,3-4H2,1-2H3,(H,19,21). The second-order valence-corrected chi connectivity index (χ2v) is 5.34. The molecular formula is C18H21N3. The van der Waals surface area contributed by atoms with Crippen LogP contribution in [-0.4, -0.2) is 10.2 Å². The third kappa shape index (κ3) is 2.77. The highest BCUT2D eigenvalue weighted by atomic mass is 15.1. The van der Waals surface area contributed by atoms with Gasteiger partial charge in [-0.3, -0.25) is 5.10 Å². The van der Waals surface area contributed by atoms with Crippen molar-refractivity contribution in [1.29, 1.82) is 0 Å². The van der Waals surface area contributed by atoms with Crippen LogP contribution in [0.2, 0.25) is 0 Å². The Labute approximate surface area is 125 Å². The van der Waals surface area contributed by atoms with E-state index in [-0.39, 0.29) is 0 Å². The van der Waals surface area contributed by atoms with Gasteiger partial charge in [0.15, 0.2) is 0 Å². The summed E-state index contributed by atoms with van der Waals surface area (Å²) in [5, 5.41) is 11.9. The molecule has 0 saturated heterocycles. The van der Waals surface area contributed by atoms with Crippen molar-refractivity contribution in [2.75, 3.05) is 5.32 Å². The molecule has 3 aromatic rings. The van der Waals surface area contributed by atoms with E-state index in [0.29, 0.717) is 6.04 Å². The lowest BCUT2D eigenvalue weighted by atomic mass is 10.0. The van der Waals surface area contributed by atoms with Gasteiger partial charge in [0.25, 0.3) is 0 Å². The van der Waals surface area contributed by atoms with Gasteiger partial charge in [-0.05, 0) is 36.1 Å². The minimum Gasteiger partial charge on any atom is -0.378 e. The summed E-state index contributed by atoms with van der Waals surface area (Å²) in [4.78, 5) is 0. The van der Waals surface area contributed by atoms with E-state index < -0.39 is 0 Å². The van der Waals surface area contributed by atoms with E-state index in [1.165, 1.54) is 11.1 Å². The van der Waals surface area contributed by atoms with Crippen LogP contribution in [-0.2, 0) is 6.42 Å². The average Bonchev–Trinajstić information content (AvgIpc) is 3.02. The highest BCUT2D eigenvalue weighted by Gasteiger charge is 2.11. The molecular weight excluding hydrogens is 258 g/mol. The molecule has 0 aliphatic carbocycles. The van der Waals surface area contributed by atoms with Gasteiger partial charge < -0.3 is 5.32 Å². The van der Waals surface area contributed by atoms with Crippen LogP contribution in [0.1, 0.15) is 37.4 Å². The smallest absolute Gasteiger partial charge is 0.0671 e. The van der Waals surface area contributed by atoms with Crippen LogP contribution in [0, 0.1) is 0 Å². The molecule has 108 valence electrons. The molecule has 0 aliphatic rings. The number of nitrogens with zero attached hydrogens (tertiary/aromatic N) is 1. The molecule has 1 unspecified atom stereocenters. The van der Waals surface area contributed by atoms with Crippen LogP contribution < -0.4 is 5.32 Å². The van der Waals surface area contributed by atoms with Crippen LogP contribution in [0.4, 0.5) is 5.69 Å². The first-order chi connectivity index (χ1) is 10.3. The average molecular weight is 279 g/mol. The zero-order chi connectivity index (χ0) is 14.7. The Morgan fingerprint density at radius 2 is 1.90 bits per heavy atom. The number of benzene rings is 2. The van der Waals surface area contributed by atoms with E-state index in [1.54, 1.807) is 0 Å². The molecule has 2 aromatic carbocycles. The summed E-state index contributed by atoms with van der Waals surface area (Å²) in [6.45, 7) is 4.39. The van der Waals surface area contributed by atoms with Crippen molar-refractivity contribution in [1.82, 2.24) is 10.2 Å². The highest BCUT2D eigenvalue weighted by Crippen LogP contribution is 2.27. The van der Waals surface area contributed by atoms with E-state index >= 15 is 0 Å². The summed E-state index contributed by atoms with van der Waals surface area (Å²) in [7, 11) is 0. The fourth-order valence-corrected chi connectivity index (χ4v) is 2.69. The number of rotatable bonds is 5. The van der Waals surface area contributed by atoms with E-state index in [1.807, 2.05) is 12.3 Å². The molecule has 0 amide bonds. The largest absolute Gasteiger partial charge is 0.378 e. The molecule has 21 heavy (non-hydrogen) atoms. The van der Waals surface area contributed by atoms with E-state index in [9.17, 15) is 0 Å². The van der Waals surface area contributed by atoms with Crippen molar-refractivity contribution in [3.63, 3.8) is 0 Å². The minimum atomic E-state index is 0.316. The molecule has 2 N–H and O–H groups in total. The summed E-state index contributed by atoms with van der Waals surface area (Å²) in [5.74, 6) is 0. The molecule has 3 nitrogen and oxygen atoms in total. The number of aromatic nitrogens is 2. The van der Waals surface area contributed by atoms with Crippen molar-refractivity contribution in [2.45, 2.75) is 32.7 Å². The van der Waals surface area contributed by atoms with Crippen molar-refractivity contribution < 1.29 is 0 Å². The van der Waals surface area contributed by atoms with E-state index in [2.05, 4.69) is 65.8 Å². The Balaban J connectivity index is 1.88. The first kappa shape index (κ1) is 13.7. The van der Waals surface area contributed by atoms with Gasteiger partial charge in [0.05, 0.1) is 17.8 Å². The molecule has 1 heterocycles. The van der Waals surface area contributed by atoms with Crippen molar-refractivity contribution in [3.8, 4) is 0 Å². The Bertz CT molecular complexity index is 713. The number of anilines is 1. The van der Waals surface area contributed by atoms with Gasteiger partial charge in [0.1, 0.15) is 0 Å². The van der Waals surface area contributed by atoms with Crippen LogP contribution >= 0.6 is 0 Å². The highest BCUT2D eigenvalue weighted by molar-refractivity contribution is 5.91. The predicted octanol–water partition coefficient (Wildman–Crippen LogP) is 4.69. The summed E-state index contributed by atoms with van der Waals surface area (Å²) in [6, 6.07) is 15.4. The Morgan fingerprint density at radius 3 is 2.62 bits per heavy atom. The number of hydrogen-bond acceptors (Lipinski definition) is 2. The van der Waals surface area contributed by atoms with Gasteiger partial charge in [-0.25, -0.2) is 0 Å². The van der Waals surface area contributed by atoms with Gasteiger partial charge in [-0.1, -0.05) is 44.2 Å². The zero-order valence-electron chi connectivity index (χ0n) is 12.6. The molecule has 0 spiro atoms. The Morgan fingerprint density at radius 1 is 1.10 bits per heavy atom. The van der Waals surface area contributed by atoms with Crippen molar-refractivity contribution in [3.05, 3.63) is 59.8 Å². The first-order valence-corrected chi connectivity index (χ1v) is 7.59. The minimum absolute atomic E-state index is 0.316. The molecule has 3 heteroatoms. The quantitative estimate of drug-likeness (QED) is 0.711. The monoisotopic (exact) mass is 279 g/mol. The number of aromatic amines is 1. The number of fused-ring (bicyclic) bond motifs is 1. The molecule has 0 radical (unpaired) electrons. The molecule has 0 fully saturated rings. The fraction of sp³-hybridized carbons (Fsp3) is 0.278. The summed E-state index contributed by atoms with van der Waals surface area (Å²) in [5.41, 5.74) is 4.91. The van der Waals surface area contributed by atoms with Crippen LogP contribution in [0.3, 0.4) is 0 Å². The molecule has 3 rings (SSSR count). The van der Waals surface area contributed by atoms with Crippen LogP contribution in [0.5, 0.6) is 0 Å².